The van der Waals surface area contributed by atoms with Crippen molar-refractivity contribution in [1.29, 1.82) is 0 Å². The third-order valence-electron chi connectivity index (χ3n) is 3.11. The number of thiazole rings is 1. The summed E-state index contributed by atoms with van der Waals surface area (Å²) in [5.74, 6) is 0. The molecule has 0 spiro atoms. The molecule has 0 radical (unpaired) electrons. The Labute approximate surface area is 99.1 Å². The molecule has 1 fully saturated rings. The molecule has 0 saturated carbocycles. The summed E-state index contributed by atoms with van der Waals surface area (Å²) in [6, 6.07) is 9.03. The fourth-order valence-electron chi connectivity index (χ4n) is 1.92. The average Bonchev–Trinajstić information content (AvgIpc) is 2.56. The first-order chi connectivity index (χ1) is 7.83. The minimum atomic E-state index is 0.687. The third kappa shape index (κ3) is 1.84. The number of likely N-dealkylation sites (N-methyl/N-ethyl adjacent to an activating group) is 1. The molecule has 2 heterocycles. The highest BCUT2D eigenvalue weighted by Crippen LogP contribution is 2.22. The number of nitrogens with zero attached hydrogens (tertiary/aromatic N) is 2. The molecule has 1 aromatic carbocycles. The van der Waals surface area contributed by atoms with Crippen LogP contribution in [0.3, 0.4) is 0 Å². The van der Waals surface area contributed by atoms with Crippen molar-refractivity contribution in [2.24, 2.45) is 0 Å². The number of aromatic nitrogens is 1. The van der Waals surface area contributed by atoms with Crippen molar-refractivity contribution < 1.29 is 0 Å². The highest BCUT2D eigenvalue weighted by Gasteiger charge is 2.22. The number of fused-ring (bicyclic) bond motifs is 1. The maximum absolute atomic E-state index is 4.65. The smallest absolute Gasteiger partial charge is 0.108 e. The van der Waals surface area contributed by atoms with E-state index in [0.717, 1.165) is 25.2 Å². The summed E-state index contributed by atoms with van der Waals surface area (Å²) in [6.07, 6.45) is 0. The van der Waals surface area contributed by atoms with Crippen molar-refractivity contribution in [3.8, 4) is 0 Å². The van der Waals surface area contributed by atoms with Crippen LogP contribution in [0.2, 0.25) is 0 Å². The van der Waals surface area contributed by atoms with Gasteiger partial charge in [0, 0.05) is 19.1 Å². The first kappa shape index (κ1) is 10.2. The van der Waals surface area contributed by atoms with Crippen molar-refractivity contribution in [2.45, 2.75) is 12.6 Å². The molecule has 84 valence electrons. The maximum Gasteiger partial charge on any atom is 0.108 e. The predicted octanol–water partition coefficient (Wildman–Crippen LogP) is 1.70. The Kier molecular flexibility index (Phi) is 2.63. The van der Waals surface area contributed by atoms with Crippen LogP contribution in [0, 0.1) is 0 Å². The maximum atomic E-state index is 4.65. The lowest BCUT2D eigenvalue weighted by Crippen LogP contribution is -2.55. The van der Waals surface area contributed by atoms with E-state index in [1.807, 2.05) is 6.07 Å². The minimum absolute atomic E-state index is 0.687. The van der Waals surface area contributed by atoms with E-state index in [0.29, 0.717) is 6.04 Å². The number of para-hydroxylation sites is 1. The first-order valence-corrected chi connectivity index (χ1v) is 6.40. The van der Waals surface area contributed by atoms with Gasteiger partial charge in [0.1, 0.15) is 5.01 Å². The van der Waals surface area contributed by atoms with Crippen molar-refractivity contribution >= 4 is 21.6 Å². The quantitative estimate of drug-likeness (QED) is 0.874. The van der Waals surface area contributed by atoms with Crippen LogP contribution < -0.4 is 5.32 Å². The van der Waals surface area contributed by atoms with Crippen LogP contribution in [-0.4, -0.2) is 36.1 Å². The van der Waals surface area contributed by atoms with E-state index >= 15 is 0 Å². The van der Waals surface area contributed by atoms with Gasteiger partial charge in [-0.05, 0) is 19.2 Å². The third-order valence-corrected chi connectivity index (χ3v) is 4.13. The van der Waals surface area contributed by atoms with E-state index < -0.39 is 0 Å². The number of hydrogen-bond acceptors (Lipinski definition) is 4. The largest absolute Gasteiger partial charge is 0.314 e. The second-order valence-corrected chi connectivity index (χ2v) is 5.42. The molecular weight excluding hydrogens is 218 g/mol. The molecule has 0 unspecified atom stereocenters. The molecule has 1 aliphatic rings. The van der Waals surface area contributed by atoms with E-state index in [9.17, 15) is 0 Å². The van der Waals surface area contributed by atoms with Crippen LogP contribution in [0.4, 0.5) is 0 Å². The Morgan fingerprint density at radius 3 is 2.94 bits per heavy atom. The van der Waals surface area contributed by atoms with Gasteiger partial charge in [-0.15, -0.1) is 11.3 Å². The average molecular weight is 233 g/mol. The van der Waals surface area contributed by atoms with Crippen molar-refractivity contribution in [1.82, 2.24) is 15.2 Å². The van der Waals surface area contributed by atoms with Gasteiger partial charge in [0.2, 0.25) is 0 Å². The molecule has 16 heavy (non-hydrogen) atoms. The van der Waals surface area contributed by atoms with Crippen LogP contribution in [0.1, 0.15) is 5.01 Å². The summed E-state index contributed by atoms with van der Waals surface area (Å²) in [5, 5.41) is 4.51. The summed E-state index contributed by atoms with van der Waals surface area (Å²) in [7, 11) is 2.18. The number of nitrogens with one attached hydrogen (secondary N) is 1. The van der Waals surface area contributed by atoms with Crippen molar-refractivity contribution in [3.63, 3.8) is 0 Å². The summed E-state index contributed by atoms with van der Waals surface area (Å²) in [6.45, 7) is 3.19. The van der Waals surface area contributed by atoms with Crippen molar-refractivity contribution in [3.05, 3.63) is 29.3 Å². The second kappa shape index (κ2) is 4.13. The molecule has 1 N–H and O–H groups in total. The van der Waals surface area contributed by atoms with Gasteiger partial charge in [-0.2, -0.15) is 0 Å². The zero-order valence-electron chi connectivity index (χ0n) is 9.31. The highest BCUT2D eigenvalue weighted by molar-refractivity contribution is 7.18. The predicted molar refractivity (Wildman–Crippen MR) is 67.7 cm³/mol. The molecular formula is C12H15N3S. The lowest BCUT2D eigenvalue weighted by atomic mass is 10.1. The van der Waals surface area contributed by atoms with Gasteiger partial charge in [0.25, 0.3) is 0 Å². The molecule has 1 aliphatic heterocycles. The van der Waals surface area contributed by atoms with Gasteiger partial charge in [0.05, 0.1) is 16.8 Å². The number of hydrogen-bond donors (Lipinski definition) is 1. The van der Waals surface area contributed by atoms with Gasteiger partial charge >= 0.3 is 0 Å². The fraction of sp³-hybridized carbons (Fsp3) is 0.417. The van der Waals surface area contributed by atoms with E-state index in [1.54, 1.807) is 11.3 Å². The van der Waals surface area contributed by atoms with Crippen LogP contribution in [0.5, 0.6) is 0 Å². The minimum Gasteiger partial charge on any atom is -0.314 e. The van der Waals surface area contributed by atoms with Crippen LogP contribution in [0.25, 0.3) is 10.2 Å². The monoisotopic (exact) mass is 233 g/mol. The molecule has 3 rings (SSSR count). The highest BCUT2D eigenvalue weighted by atomic mass is 32.1. The van der Waals surface area contributed by atoms with E-state index in [2.05, 4.69) is 40.4 Å². The summed E-state index contributed by atoms with van der Waals surface area (Å²) in [5.41, 5.74) is 1.13. The number of rotatable bonds is 3. The summed E-state index contributed by atoms with van der Waals surface area (Å²) < 4.78 is 1.29. The Morgan fingerprint density at radius 1 is 1.44 bits per heavy atom. The van der Waals surface area contributed by atoms with Gasteiger partial charge < -0.3 is 5.32 Å². The second-order valence-electron chi connectivity index (χ2n) is 4.30. The van der Waals surface area contributed by atoms with E-state index in [4.69, 9.17) is 0 Å². The van der Waals surface area contributed by atoms with Crippen molar-refractivity contribution in [2.75, 3.05) is 20.1 Å². The molecule has 4 heteroatoms. The van der Waals surface area contributed by atoms with Crippen LogP contribution in [0.15, 0.2) is 24.3 Å². The topological polar surface area (TPSA) is 28.2 Å². The SMILES string of the molecule is CN(Cc1nc2ccccc2s1)C1CNC1. The standard InChI is InChI=1S/C12H15N3S/c1-15(9-6-13-7-9)8-12-14-10-4-2-3-5-11(10)16-12/h2-5,9,13H,6-8H2,1H3. The van der Waals surface area contributed by atoms with Gasteiger partial charge in [-0.3, -0.25) is 4.90 Å². The zero-order valence-corrected chi connectivity index (χ0v) is 10.1. The Bertz CT molecular complexity index is 457. The molecule has 0 amide bonds. The normalized spacial score (nSPS) is 16.9. The Balaban J connectivity index is 1.78. The lowest BCUT2D eigenvalue weighted by molar-refractivity contribution is 0.173. The number of benzene rings is 1. The van der Waals surface area contributed by atoms with Crippen LogP contribution in [-0.2, 0) is 6.54 Å². The molecule has 0 bridgehead atoms. The first-order valence-electron chi connectivity index (χ1n) is 5.58. The molecule has 2 aromatic rings. The van der Waals surface area contributed by atoms with Gasteiger partial charge in [0.15, 0.2) is 0 Å². The lowest BCUT2D eigenvalue weighted by Gasteiger charge is -2.35. The van der Waals surface area contributed by atoms with E-state index in [1.165, 1.54) is 9.71 Å². The molecule has 3 nitrogen and oxygen atoms in total. The Hall–Kier alpha value is -0.970. The Morgan fingerprint density at radius 2 is 2.25 bits per heavy atom. The molecule has 1 aromatic heterocycles. The summed E-state index contributed by atoms with van der Waals surface area (Å²) in [4.78, 5) is 7.03. The molecule has 0 aliphatic carbocycles. The van der Waals surface area contributed by atoms with Gasteiger partial charge in [-0.25, -0.2) is 4.98 Å². The fourth-order valence-corrected chi connectivity index (χ4v) is 2.95. The zero-order chi connectivity index (χ0) is 11.0. The summed E-state index contributed by atoms with van der Waals surface area (Å²) >= 11 is 1.80. The molecule has 1 saturated heterocycles. The van der Waals surface area contributed by atoms with Gasteiger partial charge in [-0.1, -0.05) is 12.1 Å². The van der Waals surface area contributed by atoms with Crippen LogP contribution >= 0.6 is 11.3 Å². The molecule has 0 atom stereocenters. The van der Waals surface area contributed by atoms with E-state index in [-0.39, 0.29) is 0 Å².